The molecule has 3 aromatic carbocycles. The van der Waals surface area contributed by atoms with Crippen LogP contribution in [0.4, 0.5) is 0 Å². The maximum Gasteiger partial charge on any atom is 0.282 e. The lowest BCUT2D eigenvalue weighted by Gasteiger charge is -2.23. The van der Waals surface area contributed by atoms with Crippen LogP contribution in [0.25, 0.3) is 10.8 Å². The van der Waals surface area contributed by atoms with E-state index in [-0.39, 0.29) is 11.8 Å². The Bertz CT molecular complexity index is 1090. The molecule has 26 heavy (non-hydrogen) atoms. The fourth-order valence-corrected chi connectivity index (χ4v) is 4.24. The minimum absolute atomic E-state index is 0.371. The van der Waals surface area contributed by atoms with Gasteiger partial charge < -0.3 is 0 Å². The summed E-state index contributed by atoms with van der Waals surface area (Å²) in [6.45, 7) is 0. The van der Waals surface area contributed by atoms with Gasteiger partial charge in [-0.25, -0.2) is 0 Å². The average Bonchev–Trinajstić information content (AvgIpc) is 3.06. The number of amides is 2. The number of aryl methyl sites for hydroxylation is 2. The van der Waals surface area contributed by atoms with Gasteiger partial charge in [0.15, 0.2) is 0 Å². The monoisotopic (exact) mass is 404 g/mol. The Kier molecular flexibility index (Phi) is 3.34. The second kappa shape index (κ2) is 5.61. The van der Waals surface area contributed by atoms with Crippen molar-refractivity contribution in [2.45, 2.75) is 12.8 Å². The van der Waals surface area contributed by atoms with Crippen LogP contribution in [0.2, 0.25) is 0 Å². The molecule has 0 saturated heterocycles. The van der Waals surface area contributed by atoms with E-state index in [1.54, 1.807) is 0 Å². The van der Waals surface area contributed by atoms with Crippen molar-refractivity contribution in [1.29, 1.82) is 0 Å². The molecule has 0 unspecified atom stereocenters. The number of hydrazone groups is 1. The summed E-state index contributed by atoms with van der Waals surface area (Å²) in [5, 5.41) is 7.03. The predicted molar refractivity (Wildman–Crippen MR) is 104 cm³/mol. The molecule has 5 heteroatoms. The highest BCUT2D eigenvalue weighted by Gasteiger charge is 2.34. The smallest absolute Gasteiger partial charge is 0.267 e. The lowest BCUT2D eigenvalue weighted by Crippen LogP contribution is -2.36. The second-order valence-electron chi connectivity index (χ2n) is 6.52. The fraction of sp³-hybridized carbons (Fsp3) is 0.0952. The van der Waals surface area contributed by atoms with E-state index in [9.17, 15) is 9.59 Å². The maximum absolute atomic E-state index is 12.9. The van der Waals surface area contributed by atoms with Crippen molar-refractivity contribution in [2.24, 2.45) is 5.10 Å². The van der Waals surface area contributed by atoms with Crippen molar-refractivity contribution in [1.82, 2.24) is 5.01 Å². The quantitative estimate of drug-likeness (QED) is 0.471. The zero-order valence-corrected chi connectivity index (χ0v) is 15.3. The van der Waals surface area contributed by atoms with Gasteiger partial charge in [-0.1, -0.05) is 40.2 Å². The lowest BCUT2D eigenvalue weighted by molar-refractivity contribution is 0.0616. The van der Waals surface area contributed by atoms with Crippen molar-refractivity contribution >= 4 is 44.7 Å². The highest BCUT2D eigenvalue weighted by molar-refractivity contribution is 9.10. The van der Waals surface area contributed by atoms with Gasteiger partial charge in [-0.15, -0.1) is 0 Å². The molecule has 0 atom stereocenters. The molecule has 0 saturated carbocycles. The summed E-state index contributed by atoms with van der Waals surface area (Å²) in [6.07, 6.45) is 3.45. The van der Waals surface area contributed by atoms with Crippen molar-refractivity contribution in [2.75, 3.05) is 0 Å². The molecule has 0 aromatic heterocycles. The van der Waals surface area contributed by atoms with Crippen molar-refractivity contribution in [3.63, 3.8) is 0 Å². The van der Waals surface area contributed by atoms with Gasteiger partial charge in [0.1, 0.15) is 0 Å². The van der Waals surface area contributed by atoms with E-state index >= 15 is 0 Å². The number of hydrogen-bond acceptors (Lipinski definition) is 3. The molecule has 1 aliphatic heterocycles. The van der Waals surface area contributed by atoms with Crippen LogP contribution < -0.4 is 0 Å². The standard InChI is InChI=1S/C21H13BrN2O2/c22-15-3-1-2-12(10-15)11-23-24-20(25)16-8-6-13-4-5-14-7-9-17(21(24)26)19(16)18(13)14/h1-3,6-11H,4-5H2/b23-11-. The maximum atomic E-state index is 12.9. The normalized spacial score (nSPS) is 15.5. The van der Waals surface area contributed by atoms with E-state index in [4.69, 9.17) is 0 Å². The van der Waals surface area contributed by atoms with Crippen LogP contribution in [0.15, 0.2) is 58.1 Å². The Hall–Kier alpha value is -2.79. The third-order valence-corrected chi connectivity index (χ3v) is 5.51. The van der Waals surface area contributed by atoms with E-state index in [0.29, 0.717) is 11.1 Å². The van der Waals surface area contributed by atoms with E-state index in [1.165, 1.54) is 17.3 Å². The zero-order chi connectivity index (χ0) is 17.8. The predicted octanol–water partition coefficient (Wildman–Crippen LogP) is 4.33. The topological polar surface area (TPSA) is 49.7 Å². The summed E-state index contributed by atoms with van der Waals surface area (Å²) >= 11 is 3.40. The van der Waals surface area contributed by atoms with E-state index in [0.717, 1.165) is 38.7 Å². The number of halogens is 1. The van der Waals surface area contributed by atoms with Gasteiger partial charge in [0.05, 0.1) is 17.3 Å². The summed E-state index contributed by atoms with van der Waals surface area (Å²) in [5.74, 6) is -0.742. The van der Waals surface area contributed by atoms with Gasteiger partial charge in [0.2, 0.25) is 0 Å². The Morgan fingerprint density at radius 1 is 0.885 bits per heavy atom. The van der Waals surface area contributed by atoms with E-state index in [1.807, 2.05) is 48.5 Å². The molecule has 2 amide bonds. The van der Waals surface area contributed by atoms with Crippen LogP contribution in [0.5, 0.6) is 0 Å². The van der Waals surface area contributed by atoms with Gasteiger partial charge in [0.25, 0.3) is 11.8 Å². The third kappa shape index (κ3) is 2.17. The van der Waals surface area contributed by atoms with Crippen LogP contribution >= 0.6 is 15.9 Å². The van der Waals surface area contributed by atoms with Crippen molar-refractivity contribution in [3.05, 3.63) is 80.8 Å². The molecular weight excluding hydrogens is 392 g/mol. The molecule has 126 valence electrons. The van der Waals surface area contributed by atoms with Gasteiger partial charge >= 0.3 is 0 Å². The van der Waals surface area contributed by atoms with Crippen LogP contribution in [-0.4, -0.2) is 23.0 Å². The molecule has 0 bridgehead atoms. The molecule has 0 N–H and O–H groups in total. The number of carbonyl (C=O) groups is 2. The van der Waals surface area contributed by atoms with Crippen LogP contribution in [0.1, 0.15) is 37.4 Å². The largest absolute Gasteiger partial charge is 0.282 e. The number of carbonyl (C=O) groups excluding carboxylic acids is 2. The van der Waals surface area contributed by atoms with Crippen LogP contribution in [0.3, 0.4) is 0 Å². The van der Waals surface area contributed by atoms with Crippen LogP contribution in [0, 0.1) is 0 Å². The van der Waals surface area contributed by atoms with Gasteiger partial charge in [-0.05, 0) is 59.2 Å². The van der Waals surface area contributed by atoms with Crippen molar-refractivity contribution in [3.8, 4) is 0 Å². The average molecular weight is 405 g/mol. The summed E-state index contributed by atoms with van der Waals surface area (Å²) in [7, 11) is 0. The summed E-state index contributed by atoms with van der Waals surface area (Å²) in [6, 6.07) is 15.2. The first-order chi connectivity index (χ1) is 12.6. The SMILES string of the molecule is O=C1c2ccc3c4c(ccc(c24)C(=O)N1/N=C\c1cccc(Br)c1)CC3. The van der Waals surface area contributed by atoms with Crippen LogP contribution in [-0.2, 0) is 12.8 Å². The first-order valence-electron chi connectivity index (χ1n) is 8.39. The Morgan fingerprint density at radius 2 is 1.54 bits per heavy atom. The van der Waals surface area contributed by atoms with Gasteiger partial charge in [-0.2, -0.15) is 10.1 Å². The first-order valence-corrected chi connectivity index (χ1v) is 9.18. The Balaban J connectivity index is 1.63. The molecule has 4 nitrogen and oxygen atoms in total. The van der Waals surface area contributed by atoms with Crippen molar-refractivity contribution < 1.29 is 9.59 Å². The number of imide groups is 1. The molecular formula is C21H13BrN2O2. The van der Waals surface area contributed by atoms with E-state index < -0.39 is 0 Å². The minimum Gasteiger partial charge on any atom is -0.267 e. The van der Waals surface area contributed by atoms with E-state index in [2.05, 4.69) is 21.0 Å². The highest BCUT2D eigenvalue weighted by Crippen LogP contribution is 2.38. The van der Waals surface area contributed by atoms with Gasteiger partial charge in [0, 0.05) is 9.86 Å². The lowest BCUT2D eigenvalue weighted by atomic mass is 9.92. The number of benzene rings is 3. The number of rotatable bonds is 2. The highest BCUT2D eigenvalue weighted by atomic mass is 79.9. The molecule has 2 aliphatic rings. The molecule has 3 aromatic rings. The minimum atomic E-state index is -0.371. The number of hydrogen-bond donors (Lipinski definition) is 0. The summed E-state index contributed by atoms with van der Waals surface area (Å²) < 4.78 is 0.909. The summed E-state index contributed by atoms with van der Waals surface area (Å²) in [5.41, 5.74) is 4.33. The zero-order valence-electron chi connectivity index (χ0n) is 13.7. The van der Waals surface area contributed by atoms with Gasteiger partial charge in [-0.3, -0.25) is 9.59 Å². The molecule has 0 spiro atoms. The molecule has 5 rings (SSSR count). The first kappa shape index (κ1) is 15.5. The third-order valence-electron chi connectivity index (χ3n) is 5.01. The Morgan fingerprint density at radius 3 is 2.15 bits per heavy atom. The molecule has 0 fully saturated rings. The molecule has 1 heterocycles. The number of nitrogens with zero attached hydrogens (tertiary/aromatic N) is 2. The second-order valence-corrected chi connectivity index (χ2v) is 7.43. The molecule has 0 radical (unpaired) electrons. The molecule has 1 aliphatic carbocycles. The fourth-order valence-electron chi connectivity index (χ4n) is 3.82. The Labute approximate surface area is 158 Å². The summed E-state index contributed by atoms with van der Waals surface area (Å²) in [4.78, 5) is 25.9.